The van der Waals surface area contributed by atoms with Crippen LogP contribution >= 0.6 is 15.9 Å². The van der Waals surface area contributed by atoms with Crippen LogP contribution in [0.3, 0.4) is 0 Å². The van der Waals surface area contributed by atoms with Crippen molar-refractivity contribution in [2.45, 2.75) is 19.8 Å². The van der Waals surface area contributed by atoms with Crippen LogP contribution < -0.4 is 10.2 Å². The summed E-state index contributed by atoms with van der Waals surface area (Å²) in [6.45, 7) is 2.45. The predicted octanol–water partition coefficient (Wildman–Crippen LogP) is 5.16. The lowest BCUT2D eigenvalue weighted by atomic mass is 10.1. The number of nitrogens with zero attached hydrogens (tertiary/aromatic N) is 1. The van der Waals surface area contributed by atoms with Gasteiger partial charge in [0.15, 0.2) is 0 Å². The zero-order valence-corrected chi connectivity index (χ0v) is 17.2. The first-order chi connectivity index (χ1) is 13.6. The molecule has 0 unspecified atom stereocenters. The van der Waals surface area contributed by atoms with E-state index >= 15 is 0 Å². The van der Waals surface area contributed by atoms with Crippen molar-refractivity contribution in [2.75, 3.05) is 16.8 Å². The van der Waals surface area contributed by atoms with E-state index in [1.165, 1.54) is 0 Å². The van der Waals surface area contributed by atoms with E-state index in [1.807, 2.05) is 60.7 Å². The Hall–Kier alpha value is -2.66. The highest BCUT2D eigenvalue weighted by molar-refractivity contribution is 9.10. The SMILES string of the molecule is CCc1cc(Br)ccc1NC(=O)[C@H]1CC(=O)N(c2cccc3ccccc23)C1. The molecule has 1 saturated heterocycles. The van der Waals surface area contributed by atoms with Crippen LogP contribution in [0.15, 0.2) is 65.1 Å². The van der Waals surface area contributed by atoms with Crippen LogP contribution in [-0.4, -0.2) is 18.4 Å². The molecular weight excluding hydrogens is 416 g/mol. The summed E-state index contributed by atoms with van der Waals surface area (Å²) >= 11 is 3.47. The number of anilines is 2. The summed E-state index contributed by atoms with van der Waals surface area (Å²) in [5, 5.41) is 5.14. The molecule has 0 bridgehead atoms. The number of aryl methyl sites for hydroxylation is 1. The number of benzene rings is 3. The lowest BCUT2D eigenvalue weighted by Crippen LogP contribution is -2.28. The van der Waals surface area contributed by atoms with E-state index in [2.05, 4.69) is 28.2 Å². The summed E-state index contributed by atoms with van der Waals surface area (Å²) in [5.41, 5.74) is 2.75. The zero-order chi connectivity index (χ0) is 19.7. The first-order valence-electron chi connectivity index (χ1n) is 9.44. The van der Waals surface area contributed by atoms with Gasteiger partial charge in [-0.2, -0.15) is 0 Å². The summed E-state index contributed by atoms with van der Waals surface area (Å²) in [4.78, 5) is 27.3. The fraction of sp³-hybridized carbons (Fsp3) is 0.217. The molecule has 1 N–H and O–H groups in total. The van der Waals surface area contributed by atoms with Crippen LogP contribution in [0.4, 0.5) is 11.4 Å². The molecule has 1 atom stereocenters. The third-order valence-corrected chi connectivity index (χ3v) is 5.75. The van der Waals surface area contributed by atoms with Gasteiger partial charge >= 0.3 is 0 Å². The molecule has 2 amide bonds. The molecule has 3 aromatic rings. The van der Waals surface area contributed by atoms with Gasteiger partial charge in [-0.25, -0.2) is 0 Å². The van der Waals surface area contributed by atoms with Gasteiger partial charge in [0.2, 0.25) is 11.8 Å². The van der Waals surface area contributed by atoms with Crippen molar-refractivity contribution in [3.63, 3.8) is 0 Å². The monoisotopic (exact) mass is 436 g/mol. The van der Waals surface area contributed by atoms with Crippen molar-refractivity contribution < 1.29 is 9.59 Å². The van der Waals surface area contributed by atoms with Crippen molar-refractivity contribution >= 4 is 49.9 Å². The Morgan fingerprint density at radius 3 is 2.75 bits per heavy atom. The standard InChI is InChI=1S/C23H21BrN2O2/c1-2-15-12-18(24)10-11-20(15)25-23(28)17-13-22(27)26(14-17)21-9-5-7-16-6-3-4-8-19(16)21/h3-12,17H,2,13-14H2,1H3,(H,25,28)/t17-/m0/s1. The number of hydrogen-bond donors (Lipinski definition) is 1. The molecule has 4 rings (SSSR count). The van der Waals surface area contributed by atoms with E-state index in [0.29, 0.717) is 6.54 Å². The maximum absolute atomic E-state index is 12.9. The first-order valence-corrected chi connectivity index (χ1v) is 10.2. The van der Waals surface area contributed by atoms with Gasteiger partial charge in [0, 0.05) is 28.5 Å². The lowest BCUT2D eigenvalue weighted by Gasteiger charge is -2.19. The fourth-order valence-electron chi connectivity index (χ4n) is 3.77. The Morgan fingerprint density at radius 1 is 1.14 bits per heavy atom. The predicted molar refractivity (Wildman–Crippen MR) is 117 cm³/mol. The zero-order valence-electron chi connectivity index (χ0n) is 15.6. The molecule has 0 spiro atoms. The topological polar surface area (TPSA) is 49.4 Å². The lowest BCUT2D eigenvalue weighted by molar-refractivity contribution is -0.122. The van der Waals surface area contributed by atoms with Crippen molar-refractivity contribution in [1.29, 1.82) is 0 Å². The van der Waals surface area contributed by atoms with Crippen LogP contribution in [0.5, 0.6) is 0 Å². The van der Waals surface area contributed by atoms with Gasteiger partial charge in [0.05, 0.1) is 11.6 Å². The minimum atomic E-state index is -0.361. The average Bonchev–Trinajstić information content (AvgIpc) is 3.10. The molecule has 1 fully saturated rings. The maximum Gasteiger partial charge on any atom is 0.229 e. The van der Waals surface area contributed by atoms with Gasteiger partial charge in [0.1, 0.15) is 0 Å². The van der Waals surface area contributed by atoms with Crippen molar-refractivity contribution in [3.8, 4) is 0 Å². The summed E-state index contributed by atoms with van der Waals surface area (Å²) < 4.78 is 0.987. The van der Waals surface area contributed by atoms with Gasteiger partial charge in [-0.05, 0) is 41.6 Å². The van der Waals surface area contributed by atoms with Gasteiger partial charge < -0.3 is 10.2 Å². The van der Waals surface area contributed by atoms with Crippen LogP contribution in [0.2, 0.25) is 0 Å². The highest BCUT2D eigenvalue weighted by atomic mass is 79.9. The molecule has 1 heterocycles. The Kier molecular flexibility index (Phi) is 5.18. The van der Waals surface area contributed by atoms with Crippen molar-refractivity contribution in [3.05, 3.63) is 70.7 Å². The molecule has 4 nitrogen and oxygen atoms in total. The number of halogens is 1. The third-order valence-electron chi connectivity index (χ3n) is 5.26. The van der Waals surface area contributed by atoms with Crippen molar-refractivity contribution in [1.82, 2.24) is 0 Å². The molecule has 0 aromatic heterocycles. The number of fused-ring (bicyclic) bond motifs is 1. The van der Waals surface area contributed by atoms with Gasteiger partial charge in [-0.1, -0.05) is 59.3 Å². The Labute approximate surface area is 172 Å². The normalized spacial score (nSPS) is 16.6. The molecule has 0 radical (unpaired) electrons. The van der Waals surface area contributed by atoms with Crippen LogP contribution in [0, 0.1) is 5.92 Å². The molecule has 5 heteroatoms. The molecule has 3 aromatic carbocycles. The summed E-state index contributed by atoms with van der Waals surface area (Å²) in [6, 6.07) is 19.8. The van der Waals surface area contributed by atoms with Crippen molar-refractivity contribution in [2.24, 2.45) is 5.92 Å². The smallest absolute Gasteiger partial charge is 0.229 e. The Balaban J connectivity index is 1.55. The van der Waals surface area contributed by atoms with E-state index in [1.54, 1.807) is 4.90 Å². The Morgan fingerprint density at radius 2 is 1.93 bits per heavy atom. The highest BCUT2D eigenvalue weighted by Gasteiger charge is 2.35. The highest BCUT2D eigenvalue weighted by Crippen LogP contribution is 2.32. The number of carbonyl (C=O) groups excluding carboxylic acids is 2. The quantitative estimate of drug-likeness (QED) is 0.613. The molecular formula is C23H21BrN2O2. The second kappa shape index (κ2) is 7.76. The summed E-state index contributed by atoms with van der Waals surface area (Å²) in [5.74, 6) is -0.476. The van der Waals surface area contributed by atoms with Crippen LogP contribution in [0.25, 0.3) is 10.8 Å². The molecule has 142 valence electrons. The van der Waals surface area contributed by atoms with E-state index < -0.39 is 0 Å². The van der Waals surface area contributed by atoms with Crippen LogP contribution in [-0.2, 0) is 16.0 Å². The molecule has 1 aliphatic rings. The Bertz CT molecular complexity index is 1060. The number of rotatable bonds is 4. The van der Waals surface area contributed by atoms with Gasteiger partial charge in [-0.3, -0.25) is 9.59 Å². The fourth-order valence-corrected chi connectivity index (χ4v) is 4.18. The number of amides is 2. The van der Waals surface area contributed by atoms with Gasteiger partial charge in [-0.15, -0.1) is 0 Å². The summed E-state index contributed by atoms with van der Waals surface area (Å²) in [6.07, 6.45) is 1.05. The molecule has 0 aliphatic carbocycles. The number of carbonyl (C=O) groups is 2. The first kappa shape index (κ1) is 18.7. The maximum atomic E-state index is 12.9. The number of hydrogen-bond acceptors (Lipinski definition) is 2. The van der Waals surface area contributed by atoms with E-state index in [9.17, 15) is 9.59 Å². The van der Waals surface area contributed by atoms with E-state index in [0.717, 1.165) is 38.6 Å². The third kappa shape index (κ3) is 3.54. The number of nitrogens with one attached hydrogen (secondary N) is 1. The van der Waals surface area contributed by atoms with Crippen LogP contribution in [0.1, 0.15) is 18.9 Å². The largest absolute Gasteiger partial charge is 0.326 e. The molecule has 28 heavy (non-hydrogen) atoms. The average molecular weight is 437 g/mol. The molecule has 1 aliphatic heterocycles. The van der Waals surface area contributed by atoms with Gasteiger partial charge in [0.25, 0.3) is 0 Å². The second-order valence-corrected chi connectivity index (χ2v) is 7.96. The molecule has 0 saturated carbocycles. The van der Waals surface area contributed by atoms with E-state index in [-0.39, 0.29) is 24.2 Å². The summed E-state index contributed by atoms with van der Waals surface area (Å²) in [7, 11) is 0. The minimum Gasteiger partial charge on any atom is -0.326 e. The van der Waals surface area contributed by atoms with E-state index in [4.69, 9.17) is 0 Å². The second-order valence-electron chi connectivity index (χ2n) is 7.05. The minimum absolute atomic E-state index is 0.0111.